The highest BCUT2D eigenvalue weighted by atomic mass is 16.5. The van der Waals surface area contributed by atoms with Crippen LogP contribution < -0.4 is 5.32 Å². The van der Waals surface area contributed by atoms with E-state index in [0.717, 1.165) is 11.0 Å². The first-order valence-corrected chi connectivity index (χ1v) is 4.32. The van der Waals surface area contributed by atoms with E-state index in [1.165, 1.54) is 6.08 Å². The maximum Gasteiger partial charge on any atom is 0.245 e. The lowest BCUT2D eigenvalue weighted by molar-refractivity contribution is -0.908. The number of carbonyl (C=O) groups is 1. The molecule has 0 bridgehead atoms. The average Bonchev–Trinajstić information content (AvgIpc) is 2.12. The average molecular weight is 187 g/mol. The molecule has 76 valence electrons. The second-order valence-corrected chi connectivity index (χ2v) is 3.47. The van der Waals surface area contributed by atoms with Crippen molar-refractivity contribution in [2.75, 3.05) is 34.1 Å². The van der Waals surface area contributed by atoms with Crippen LogP contribution in [0.2, 0.25) is 0 Å². The van der Waals surface area contributed by atoms with Crippen molar-refractivity contribution in [2.45, 2.75) is 6.92 Å². The summed E-state index contributed by atoms with van der Waals surface area (Å²) in [4.78, 5) is 10.7. The zero-order valence-corrected chi connectivity index (χ0v) is 8.67. The lowest BCUT2D eigenvalue weighted by atomic mass is 10.5. The van der Waals surface area contributed by atoms with E-state index in [2.05, 4.69) is 32.9 Å². The molecule has 0 heterocycles. The summed E-state index contributed by atoms with van der Waals surface area (Å²) in [6.45, 7) is 7.25. The van der Waals surface area contributed by atoms with E-state index in [9.17, 15) is 4.79 Å². The van der Waals surface area contributed by atoms with Gasteiger partial charge < -0.3 is 14.5 Å². The molecule has 0 aromatic carbocycles. The van der Waals surface area contributed by atoms with Crippen LogP contribution in [0, 0.1) is 0 Å². The van der Waals surface area contributed by atoms with Crippen LogP contribution in [0.4, 0.5) is 0 Å². The highest BCUT2D eigenvalue weighted by molar-refractivity contribution is 5.86. The van der Waals surface area contributed by atoms with Crippen LogP contribution in [0.1, 0.15) is 6.92 Å². The molecule has 0 saturated carbocycles. The van der Waals surface area contributed by atoms with Gasteiger partial charge in [0.05, 0.1) is 20.6 Å². The highest BCUT2D eigenvalue weighted by Gasteiger charge is 2.10. The Morgan fingerprint density at radius 3 is 2.69 bits per heavy atom. The first-order valence-electron chi connectivity index (χ1n) is 4.32. The topological polar surface area (TPSA) is 38.3 Å². The first-order chi connectivity index (χ1) is 6.02. The number of rotatable bonds is 6. The molecule has 0 aliphatic rings. The van der Waals surface area contributed by atoms with Crippen molar-refractivity contribution in [3.63, 3.8) is 0 Å². The summed E-state index contributed by atoms with van der Waals surface area (Å²) in [6.07, 6.45) is 1.23. The Labute approximate surface area is 79.8 Å². The predicted octanol–water partition coefficient (Wildman–Crippen LogP) is 0.316. The molecule has 0 saturated heterocycles. The standard InChI is InChI=1S/C9H18N2O2/c1-5-9(12)10-7-13-8-11(3,4)6-2/h5H,1,6-8H2,2-4H3/p+1. The van der Waals surface area contributed by atoms with Gasteiger partial charge in [0.15, 0.2) is 6.73 Å². The Balaban J connectivity index is 3.46. The molecule has 1 amide bonds. The van der Waals surface area contributed by atoms with Gasteiger partial charge in [0.25, 0.3) is 0 Å². The molecule has 0 fully saturated rings. The van der Waals surface area contributed by atoms with Crippen LogP contribution >= 0.6 is 0 Å². The van der Waals surface area contributed by atoms with Gasteiger partial charge in [-0.05, 0) is 13.0 Å². The van der Waals surface area contributed by atoms with Crippen LogP contribution in [0.3, 0.4) is 0 Å². The molecule has 0 aromatic heterocycles. The van der Waals surface area contributed by atoms with E-state index in [4.69, 9.17) is 4.74 Å². The minimum Gasteiger partial charge on any atom is -0.329 e. The second-order valence-electron chi connectivity index (χ2n) is 3.47. The normalized spacial score (nSPS) is 11.0. The Morgan fingerprint density at radius 1 is 1.62 bits per heavy atom. The summed E-state index contributed by atoms with van der Waals surface area (Å²) in [5.41, 5.74) is 0. The fourth-order valence-electron chi connectivity index (χ4n) is 0.578. The zero-order valence-electron chi connectivity index (χ0n) is 8.67. The summed E-state index contributed by atoms with van der Waals surface area (Å²) < 4.78 is 6.04. The Hall–Kier alpha value is -0.870. The molecular formula is C9H19N2O2+. The molecule has 0 rings (SSSR count). The fraction of sp³-hybridized carbons (Fsp3) is 0.667. The van der Waals surface area contributed by atoms with Crippen molar-refractivity contribution < 1.29 is 14.0 Å². The van der Waals surface area contributed by atoms with Crippen LogP contribution in [0.25, 0.3) is 0 Å². The minimum absolute atomic E-state index is 0.207. The first kappa shape index (κ1) is 12.1. The third-order valence-electron chi connectivity index (χ3n) is 1.83. The molecule has 0 aliphatic heterocycles. The molecule has 0 unspecified atom stereocenters. The van der Waals surface area contributed by atoms with E-state index in [1.54, 1.807) is 0 Å². The number of hydrogen-bond donors (Lipinski definition) is 1. The number of hydrogen-bond acceptors (Lipinski definition) is 2. The fourth-order valence-corrected chi connectivity index (χ4v) is 0.578. The lowest BCUT2D eigenvalue weighted by Gasteiger charge is -2.27. The Bertz CT molecular complexity index is 178. The number of quaternary nitrogens is 1. The van der Waals surface area contributed by atoms with Gasteiger partial charge in [0.1, 0.15) is 6.73 Å². The van der Waals surface area contributed by atoms with E-state index < -0.39 is 0 Å². The van der Waals surface area contributed by atoms with Crippen LogP contribution in [-0.2, 0) is 9.53 Å². The molecule has 4 heteroatoms. The minimum atomic E-state index is -0.207. The number of nitrogens with zero attached hydrogens (tertiary/aromatic N) is 1. The SMILES string of the molecule is C=CC(=O)NCOC[N+](C)(C)CC. The molecule has 1 N–H and O–H groups in total. The molecule has 0 radical (unpaired) electrons. The molecule has 13 heavy (non-hydrogen) atoms. The summed E-state index contributed by atoms with van der Waals surface area (Å²) in [5, 5.41) is 2.54. The van der Waals surface area contributed by atoms with Gasteiger partial charge in [-0.25, -0.2) is 0 Å². The van der Waals surface area contributed by atoms with E-state index in [0.29, 0.717) is 6.73 Å². The zero-order chi connectivity index (χ0) is 10.3. The highest BCUT2D eigenvalue weighted by Crippen LogP contribution is 1.94. The number of carbonyl (C=O) groups excluding carboxylic acids is 1. The smallest absolute Gasteiger partial charge is 0.245 e. The Morgan fingerprint density at radius 2 is 2.23 bits per heavy atom. The van der Waals surface area contributed by atoms with Crippen LogP contribution in [-0.4, -0.2) is 44.5 Å². The molecule has 0 aliphatic carbocycles. The summed E-state index contributed by atoms with van der Waals surface area (Å²) in [5.74, 6) is -0.207. The molecule has 0 spiro atoms. The third-order valence-corrected chi connectivity index (χ3v) is 1.83. The van der Waals surface area contributed by atoms with E-state index in [1.807, 2.05) is 0 Å². The van der Waals surface area contributed by atoms with Gasteiger partial charge in [0.2, 0.25) is 5.91 Å². The van der Waals surface area contributed by atoms with Gasteiger partial charge in [-0.2, -0.15) is 0 Å². The van der Waals surface area contributed by atoms with Crippen LogP contribution in [0.5, 0.6) is 0 Å². The van der Waals surface area contributed by atoms with Crippen molar-refractivity contribution in [2.24, 2.45) is 0 Å². The van der Waals surface area contributed by atoms with Gasteiger partial charge in [0, 0.05) is 0 Å². The predicted molar refractivity (Wildman–Crippen MR) is 51.8 cm³/mol. The maximum absolute atomic E-state index is 10.7. The monoisotopic (exact) mass is 187 g/mol. The summed E-state index contributed by atoms with van der Waals surface area (Å²) >= 11 is 0. The van der Waals surface area contributed by atoms with Crippen molar-refractivity contribution in [3.8, 4) is 0 Å². The van der Waals surface area contributed by atoms with Crippen molar-refractivity contribution >= 4 is 5.91 Å². The van der Waals surface area contributed by atoms with Gasteiger partial charge in [-0.15, -0.1) is 0 Å². The molecule has 0 atom stereocenters. The van der Waals surface area contributed by atoms with E-state index >= 15 is 0 Å². The van der Waals surface area contributed by atoms with Crippen LogP contribution in [0.15, 0.2) is 12.7 Å². The molecule has 4 nitrogen and oxygen atoms in total. The largest absolute Gasteiger partial charge is 0.329 e. The Kier molecular flexibility index (Phi) is 5.34. The lowest BCUT2D eigenvalue weighted by Crippen LogP contribution is -2.42. The maximum atomic E-state index is 10.7. The summed E-state index contributed by atoms with van der Waals surface area (Å²) in [7, 11) is 4.13. The molecule has 0 aromatic rings. The summed E-state index contributed by atoms with van der Waals surface area (Å²) in [6, 6.07) is 0. The third kappa shape index (κ3) is 6.31. The number of nitrogens with one attached hydrogen (secondary N) is 1. The van der Waals surface area contributed by atoms with Crippen molar-refractivity contribution in [1.82, 2.24) is 5.32 Å². The second kappa shape index (κ2) is 5.72. The van der Waals surface area contributed by atoms with Crippen molar-refractivity contribution in [1.29, 1.82) is 0 Å². The quantitative estimate of drug-likeness (QED) is 0.281. The van der Waals surface area contributed by atoms with Gasteiger partial charge in [-0.1, -0.05) is 6.58 Å². The molecular weight excluding hydrogens is 168 g/mol. The number of amides is 1. The number of ether oxygens (including phenoxy) is 1. The van der Waals surface area contributed by atoms with Gasteiger partial charge in [-0.3, -0.25) is 4.79 Å². The van der Waals surface area contributed by atoms with E-state index in [-0.39, 0.29) is 12.6 Å². The van der Waals surface area contributed by atoms with Crippen molar-refractivity contribution in [3.05, 3.63) is 12.7 Å². The van der Waals surface area contributed by atoms with Gasteiger partial charge >= 0.3 is 0 Å².